The first-order valence-electron chi connectivity index (χ1n) is 16.0. The Kier molecular flexibility index (Phi) is 7.72. The standard InChI is InChI=1S/C43H33N2Si.Bi/c1-31-26-27-44-41(28-31)40-30-37(25-24-32(40)2)46(34-15-5-3-6-16-34,35-17-7-4-8-18-35)36-19-13-14-33(29-36)45-42-22-11-9-20-38(42)39-21-10-12-23-43(39)45;/h3-26,28-30H,1-2H3;. The fraction of sp³-hybridized carbons (Fsp3) is 0.0465. The number of para-hydroxylation sites is 2. The maximum absolute atomic E-state index is 5.07. The fourth-order valence-corrected chi connectivity index (χ4v) is 13.4. The Hall–Kier alpha value is -4.63. The van der Waals surface area contributed by atoms with Gasteiger partial charge in [0.1, 0.15) is 0 Å². The molecule has 2 heterocycles. The zero-order chi connectivity index (χ0) is 32.0. The van der Waals surface area contributed by atoms with E-state index in [1.165, 1.54) is 64.9 Å². The summed E-state index contributed by atoms with van der Waals surface area (Å²) < 4.78 is 3.59. The molecular formula is C43H33BiN2Si. The monoisotopic (exact) mass is 814 g/mol. The zero-order valence-corrected chi connectivity index (χ0v) is 30.9. The molecule has 8 rings (SSSR count). The zero-order valence-electron chi connectivity index (χ0n) is 26.4. The summed E-state index contributed by atoms with van der Waals surface area (Å²) >= 11 is 1.15. The second kappa shape index (κ2) is 12.2. The molecule has 0 saturated heterocycles. The molecule has 0 unspecified atom stereocenters. The van der Waals surface area contributed by atoms with E-state index in [1.54, 1.807) is 0 Å². The molecule has 0 amide bonds. The van der Waals surface area contributed by atoms with Crippen molar-refractivity contribution in [3.05, 3.63) is 175 Å². The Morgan fingerprint density at radius 1 is 0.511 bits per heavy atom. The predicted molar refractivity (Wildman–Crippen MR) is 202 cm³/mol. The van der Waals surface area contributed by atoms with Crippen molar-refractivity contribution >= 4 is 78.7 Å². The third-order valence-corrected chi connectivity index (χ3v) is 15.1. The van der Waals surface area contributed by atoms with Crippen LogP contribution in [0, 0.1) is 13.8 Å². The molecule has 6 aromatic carbocycles. The summed E-state index contributed by atoms with van der Waals surface area (Å²) in [4.78, 5) is 5.07. The fourth-order valence-electron chi connectivity index (χ4n) is 7.37. The van der Waals surface area contributed by atoms with E-state index in [0.29, 0.717) is 0 Å². The molecular weight excluding hydrogens is 782 g/mol. The van der Waals surface area contributed by atoms with Crippen molar-refractivity contribution in [1.82, 2.24) is 9.55 Å². The van der Waals surface area contributed by atoms with Crippen LogP contribution in [0.15, 0.2) is 164 Å². The van der Waals surface area contributed by atoms with Crippen molar-refractivity contribution in [2.45, 2.75) is 13.8 Å². The van der Waals surface area contributed by atoms with Crippen LogP contribution in [0.25, 0.3) is 38.8 Å². The van der Waals surface area contributed by atoms with Gasteiger partial charge in [-0.2, -0.15) is 0 Å². The van der Waals surface area contributed by atoms with Crippen molar-refractivity contribution in [2.24, 2.45) is 0 Å². The quantitative estimate of drug-likeness (QED) is 0.136. The summed E-state index contributed by atoms with van der Waals surface area (Å²) in [5.41, 5.74) is 8.39. The normalized spacial score (nSPS) is 11.7. The number of aryl methyl sites for hydroxylation is 2. The third-order valence-electron chi connectivity index (χ3n) is 9.43. The molecule has 0 aliphatic rings. The minimum absolute atomic E-state index is 1.06. The van der Waals surface area contributed by atoms with Crippen LogP contribution in [0.4, 0.5) is 0 Å². The van der Waals surface area contributed by atoms with E-state index in [4.69, 9.17) is 4.98 Å². The van der Waals surface area contributed by atoms with Crippen molar-refractivity contribution in [1.29, 1.82) is 0 Å². The number of rotatable bonds is 6. The van der Waals surface area contributed by atoms with Crippen LogP contribution in [-0.4, -0.2) is 42.3 Å². The SMILES string of the molecule is Cc1c[c]([Bi])nc(-c2cc([Si](c3ccccc3)(c3ccccc3)c3cccc(-n4c5ccccc5c5ccccc54)c3)ccc2C)c1. The Balaban J connectivity index is 1.46. The van der Waals surface area contributed by atoms with E-state index >= 15 is 0 Å². The molecule has 4 heteroatoms. The summed E-state index contributed by atoms with van der Waals surface area (Å²) in [5, 5.41) is 7.97. The molecule has 2 nitrogen and oxygen atoms in total. The van der Waals surface area contributed by atoms with E-state index in [0.717, 1.165) is 33.8 Å². The number of nitrogens with zero attached hydrogens (tertiary/aromatic N) is 2. The number of hydrogen-bond donors (Lipinski definition) is 0. The molecule has 2 aromatic heterocycles. The van der Waals surface area contributed by atoms with Gasteiger partial charge in [0.2, 0.25) is 0 Å². The number of aromatic nitrogens is 2. The second-order valence-electron chi connectivity index (χ2n) is 12.3. The van der Waals surface area contributed by atoms with Crippen LogP contribution >= 0.6 is 0 Å². The molecule has 47 heavy (non-hydrogen) atoms. The van der Waals surface area contributed by atoms with Crippen LogP contribution in [0.1, 0.15) is 11.1 Å². The molecule has 2 radical (unpaired) electrons. The summed E-state index contributed by atoms with van der Waals surface area (Å²) in [5.74, 6) is 0. The number of benzene rings is 6. The van der Waals surface area contributed by atoms with Gasteiger partial charge in [-0.1, -0.05) is 36.4 Å². The molecule has 8 aromatic rings. The van der Waals surface area contributed by atoms with Gasteiger partial charge in [-0.25, -0.2) is 0 Å². The molecule has 0 saturated carbocycles. The summed E-state index contributed by atoms with van der Waals surface area (Å²) in [6.45, 7) is 4.39. The Labute approximate surface area is 292 Å². The van der Waals surface area contributed by atoms with Crippen LogP contribution in [-0.2, 0) is 0 Å². The van der Waals surface area contributed by atoms with Gasteiger partial charge >= 0.3 is 235 Å². The average molecular weight is 815 g/mol. The summed E-state index contributed by atoms with van der Waals surface area (Å²) in [6.07, 6.45) is 0. The van der Waals surface area contributed by atoms with Gasteiger partial charge in [0.05, 0.1) is 0 Å². The van der Waals surface area contributed by atoms with Gasteiger partial charge in [-0.3, -0.25) is 0 Å². The first-order valence-corrected chi connectivity index (χ1v) is 19.8. The number of fused-ring (bicyclic) bond motifs is 3. The Morgan fingerprint density at radius 3 is 1.68 bits per heavy atom. The van der Waals surface area contributed by atoms with Gasteiger partial charge in [0, 0.05) is 10.8 Å². The number of pyridine rings is 1. The van der Waals surface area contributed by atoms with Gasteiger partial charge < -0.3 is 0 Å². The van der Waals surface area contributed by atoms with Gasteiger partial charge in [0.15, 0.2) is 0 Å². The maximum atomic E-state index is 5.07. The van der Waals surface area contributed by atoms with Gasteiger partial charge in [-0.15, -0.1) is 0 Å². The summed E-state index contributed by atoms with van der Waals surface area (Å²) in [7, 11) is -2.83. The summed E-state index contributed by atoms with van der Waals surface area (Å²) in [6, 6.07) is 60.8. The molecule has 0 aliphatic carbocycles. The predicted octanol–water partition coefficient (Wildman–Crippen LogP) is 6.63. The Bertz CT molecular complexity index is 2280. The van der Waals surface area contributed by atoms with Crippen molar-refractivity contribution in [3.63, 3.8) is 0 Å². The molecule has 224 valence electrons. The Morgan fingerprint density at radius 2 is 1.06 bits per heavy atom. The first kappa shape index (κ1) is 29.8. The molecule has 0 atom stereocenters. The average Bonchev–Trinajstić information content (AvgIpc) is 3.44. The first-order chi connectivity index (χ1) is 23.0. The second-order valence-corrected chi connectivity index (χ2v) is 17.9. The molecule has 0 fully saturated rings. The minimum atomic E-state index is -2.83. The van der Waals surface area contributed by atoms with E-state index < -0.39 is 8.07 Å². The van der Waals surface area contributed by atoms with Crippen molar-refractivity contribution in [2.75, 3.05) is 0 Å². The van der Waals surface area contributed by atoms with E-state index in [2.05, 4.69) is 182 Å². The van der Waals surface area contributed by atoms with Crippen LogP contribution in [0.5, 0.6) is 0 Å². The molecule has 0 bridgehead atoms. The molecule has 0 N–H and O–H groups in total. The third kappa shape index (κ3) is 5.08. The molecule has 0 aliphatic heterocycles. The molecule has 0 spiro atoms. The van der Waals surface area contributed by atoms with Gasteiger partial charge in [0.25, 0.3) is 0 Å². The number of hydrogen-bond acceptors (Lipinski definition) is 1. The van der Waals surface area contributed by atoms with E-state index in [1.807, 2.05) is 0 Å². The van der Waals surface area contributed by atoms with Crippen LogP contribution < -0.4 is 24.1 Å². The van der Waals surface area contributed by atoms with E-state index in [-0.39, 0.29) is 0 Å². The van der Waals surface area contributed by atoms with Crippen molar-refractivity contribution in [3.8, 4) is 16.9 Å². The van der Waals surface area contributed by atoms with Crippen LogP contribution in [0.3, 0.4) is 0 Å². The topological polar surface area (TPSA) is 17.8 Å². The van der Waals surface area contributed by atoms with Crippen LogP contribution in [0.2, 0.25) is 0 Å². The van der Waals surface area contributed by atoms with Crippen molar-refractivity contribution < 1.29 is 0 Å². The van der Waals surface area contributed by atoms with Gasteiger partial charge in [-0.05, 0) is 12.1 Å². The van der Waals surface area contributed by atoms with E-state index in [9.17, 15) is 0 Å².